The van der Waals surface area contributed by atoms with E-state index in [9.17, 15) is 9.90 Å². The molecule has 0 unspecified atom stereocenters. The minimum Gasteiger partial charge on any atom is -0.485 e. The first-order valence-electron chi connectivity index (χ1n) is 6.35. The van der Waals surface area contributed by atoms with Crippen LogP contribution in [0.5, 0.6) is 17.2 Å². The molecule has 110 valence electrons. The maximum absolute atomic E-state index is 11.3. The van der Waals surface area contributed by atoms with E-state index in [1.54, 1.807) is 4.68 Å². The van der Waals surface area contributed by atoms with Crippen molar-refractivity contribution in [3.8, 4) is 17.2 Å². The molecule has 1 aromatic carbocycles. The van der Waals surface area contributed by atoms with Gasteiger partial charge in [0.15, 0.2) is 17.3 Å². The molecule has 2 aromatic rings. The van der Waals surface area contributed by atoms with E-state index in [2.05, 4.69) is 10.1 Å². The summed E-state index contributed by atoms with van der Waals surface area (Å²) in [5.41, 5.74) is 0.0156. The van der Waals surface area contributed by atoms with Gasteiger partial charge in [0.05, 0.1) is 0 Å². The first-order valence-corrected chi connectivity index (χ1v) is 6.35. The third kappa shape index (κ3) is 2.47. The van der Waals surface area contributed by atoms with Crippen molar-refractivity contribution < 1.29 is 24.1 Å². The van der Waals surface area contributed by atoms with Gasteiger partial charge < -0.3 is 19.3 Å². The number of hydrogen-bond acceptors (Lipinski definition) is 6. The van der Waals surface area contributed by atoms with Gasteiger partial charge in [-0.3, -0.25) is 0 Å². The second-order valence-electron chi connectivity index (χ2n) is 4.29. The standard InChI is InChI=1S/C13H13N3O5/c1-2-16-12(14-6-15-16)5-19-9-4-11-10(20-7-21-11)3-8(9)13(17)18/h3-4,6H,2,5,7H2,1H3,(H,17,18). The molecule has 0 saturated heterocycles. The highest BCUT2D eigenvalue weighted by molar-refractivity contribution is 5.92. The van der Waals surface area contributed by atoms with Crippen LogP contribution < -0.4 is 14.2 Å². The van der Waals surface area contributed by atoms with Crippen LogP contribution in [0.15, 0.2) is 18.5 Å². The minimum atomic E-state index is -1.10. The van der Waals surface area contributed by atoms with E-state index in [0.29, 0.717) is 23.9 Å². The number of aryl methyl sites for hydroxylation is 1. The van der Waals surface area contributed by atoms with Crippen molar-refractivity contribution in [2.75, 3.05) is 6.79 Å². The Kier molecular flexibility index (Phi) is 3.35. The van der Waals surface area contributed by atoms with Crippen LogP contribution in [0, 0.1) is 0 Å². The van der Waals surface area contributed by atoms with E-state index in [4.69, 9.17) is 14.2 Å². The third-order valence-electron chi connectivity index (χ3n) is 3.06. The average molecular weight is 291 g/mol. The van der Waals surface area contributed by atoms with Crippen molar-refractivity contribution in [1.29, 1.82) is 0 Å². The summed E-state index contributed by atoms with van der Waals surface area (Å²) in [6, 6.07) is 2.91. The van der Waals surface area contributed by atoms with Crippen LogP contribution in [0.1, 0.15) is 23.1 Å². The lowest BCUT2D eigenvalue weighted by Gasteiger charge is -2.10. The van der Waals surface area contributed by atoms with Crippen molar-refractivity contribution in [3.63, 3.8) is 0 Å². The number of aromatic nitrogens is 3. The van der Waals surface area contributed by atoms with Crippen molar-refractivity contribution in [3.05, 3.63) is 29.8 Å². The topological polar surface area (TPSA) is 95.7 Å². The molecular formula is C13H13N3O5. The molecule has 0 aliphatic carbocycles. The Balaban J connectivity index is 1.86. The molecule has 3 rings (SSSR count). The number of nitrogens with zero attached hydrogens (tertiary/aromatic N) is 3. The van der Waals surface area contributed by atoms with Gasteiger partial charge in [-0.05, 0) is 6.92 Å². The van der Waals surface area contributed by atoms with Crippen molar-refractivity contribution in [1.82, 2.24) is 14.8 Å². The van der Waals surface area contributed by atoms with Gasteiger partial charge in [-0.15, -0.1) is 0 Å². The summed E-state index contributed by atoms with van der Waals surface area (Å²) in [6.45, 7) is 2.78. The van der Waals surface area contributed by atoms with Crippen molar-refractivity contribution in [2.24, 2.45) is 0 Å². The molecule has 0 bridgehead atoms. The molecule has 1 aliphatic heterocycles. The predicted octanol–water partition coefficient (Wildman–Crippen LogP) is 1.30. The fourth-order valence-electron chi connectivity index (χ4n) is 2.02. The fourth-order valence-corrected chi connectivity index (χ4v) is 2.02. The lowest BCUT2D eigenvalue weighted by molar-refractivity contribution is 0.0691. The zero-order valence-corrected chi connectivity index (χ0v) is 11.3. The average Bonchev–Trinajstić information content (AvgIpc) is 3.11. The van der Waals surface area contributed by atoms with Crippen molar-refractivity contribution >= 4 is 5.97 Å². The van der Waals surface area contributed by atoms with E-state index in [1.807, 2.05) is 6.92 Å². The number of carbonyl (C=O) groups is 1. The number of rotatable bonds is 5. The van der Waals surface area contributed by atoms with E-state index < -0.39 is 5.97 Å². The molecule has 0 fully saturated rings. The van der Waals surface area contributed by atoms with Crippen LogP contribution in [0.3, 0.4) is 0 Å². The highest BCUT2D eigenvalue weighted by atomic mass is 16.7. The molecule has 0 radical (unpaired) electrons. The van der Waals surface area contributed by atoms with Crippen LogP contribution in [0.4, 0.5) is 0 Å². The lowest BCUT2D eigenvalue weighted by Crippen LogP contribution is -2.09. The first kappa shape index (κ1) is 13.2. The smallest absolute Gasteiger partial charge is 0.339 e. The number of hydrogen-bond donors (Lipinski definition) is 1. The summed E-state index contributed by atoms with van der Waals surface area (Å²) >= 11 is 0. The quantitative estimate of drug-likeness (QED) is 0.887. The molecule has 2 heterocycles. The zero-order chi connectivity index (χ0) is 14.8. The molecule has 1 N–H and O–H groups in total. The number of fused-ring (bicyclic) bond motifs is 1. The Bertz CT molecular complexity index is 682. The number of aromatic carboxylic acids is 1. The van der Waals surface area contributed by atoms with E-state index in [1.165, 1.54) is 18.5 Å². The van der Waals surface area contributed by atoms with Gasteiger partial charge in [0.25, 0.3) is 0 Å². The Morgan fingerprint density at radius 3 is 2.90 bits per heavy atom. The monoisotopic (exact) mass is 291 g/mol. The molecule has 0 spiro atoms. The van der Waals surface area contributed by atoms with Gasteiger partial charge in [0.2, 0.25) is 6.79 Å². The van der Waals surface area contributed by atoms with Crippen LogP contribution in [0.25, 0.3) is 0 Å². The van der Waals surface area contributed by atoms with Crippen molar-refractivity contribution in [2.45, 2.75) is 20.1 Å². The molecule has 0 amide bonds. The summed E-state index contributed by atoms with van der Waals surface area (Å²) in [5, 5.41) is 13.3. The van der Waals surface area contributed by atoms with Crippen LogP contribution in [-0.4, -0.2) is 32.6 Å². The number of ether oxygens (including phenoxy) is 3. The van der Waals surface area contributed by atoms with Crippen LogP contribution in [-0.2, 0) is 13.2 Å². The minimum absolute atomic E-state index is 0.0156. The Morgan fingerprint density at radius 1 is 1.43 bits per heavy atom. The van der Waals surface area contributed by atoms with E-state index in [-0.39, 0.29) is 24.7 Å². The maximum atomic E-state index is 11.3. The summed E-state index contributed by atoms with van der Waals surface area (Å²) in [6.07, 6.45) is 1.43. The lowest BCUT2D eigenvalue weighted by atomic mass is 10.2. The van der Waals surface area contributed by atoms with Gasteiger partial charge in [-0.2, -0.15) is 5.10 Å². The Labute approximate surface area is 119 Å². The zero-order valence-electron chi connectivity index (χ0n) is 11.3. The largest absolute Gasteiger partial charge is 0.485 e. The Morgan fingerprint density at radius 2 is 2.19 bits per heavy atom. The normalized spacial score (nSPS) is 12.4. The van der Waals surface area contributed by atoms with Crippen LogP contribution in [0.2, 0.25) is 0 Å². The predicted molar refractivity (Wildman–Crippen MR) is 69.6 cm³/mol. The van der Waals surface area contributed by atoms with Gasteiger partial charge >= 0.3 is 5.97 Å². The van der Waals surface area contributed by atoms with Gasteiger partial charge in [0.1, 0.15) is 24.2 Å². The highest BCUT2D eigenvalue weighted by Gasteiger charge is 2.22. The summed E-state index contributed by atoms with van der Waals surface area (Å²) in [4.78, 5) is 15.4. The van der Waals surface area contributed by atoms with E-state index in [0.717, 1.165) is 0 Å². The van der Waals surface area contributed by atoms with Crippen LogP contribution >= 0.6 is 0 Å². The second kappa shape index (κ2) is 5.31. The van der Waals surface area contributed by atoms with Gasteiger partial charge in [-0.1, -0.05) is 0 Å². The second-order valence-corrected chi connectivity index (χ2v) is 4.29. The molecular weight excluding hydrogens is 278 g/mol. The first-order chi connectivity index (χ1) is 10.2. The van der Waals surface area contributed by atoms with Gasteiger partial charge in [0, 0.05) is 18.7 Å². The van der Waals surface area contributed by atoms with E-state index >= 15 is 0 Å². The summed E-state index contributed by atoms with van der Waals surface area (Å²) in [5.74, 6) is 0.590. The number of carboxylic acid groups (broad SMARTS) is 1. The molecule has 8 nitrogen and oxygen atoms in total. The van der Waals surface area contributed by atoms with Gasteiger partial charge in [-0.25, -0.2) is 14.5 Å². The highest BCUT2D eigenvalue weighted by Crippen LogP contribution is 2.38. The maximum Gasteiger partial charge on any atom is 0.339 e. The SMILES string of the molecule is CCn1ncnc1COc1cc2c(cc1C(=O)O)OCO2. The molecule has 1 aliphatic rings. The molecule has 1 aromatic heterocycles. The molecule has 0 saturated carbocycles. The summed E-state index contributed by atoms with van der Waals surface area (Å²) < 4.78 is 17.6. The summed E-state index contributed by atoms with van der Waals surface area (Å²) in [7, 11) is 0. The fraction of sp³-hybridized carbons (Fsp3) is 0.308. The third-order valence-corrected chi connectivity index (χ3v) is 3.06. The number of carboxylic acids is 1. The molecule has 21 heavy (non-hydrogen) atoms. The number of benzene rings is 1. The molecule has 0 atom stereocenters. The Hall–Kier alpha value is -2.77. The molecule has 8 heteroatoms.